The van der Waals surface area contributed by atoms with Gasteiger partial charge in [-0.05, 0) is 24.3 Å². The summed E-state index contributed by atoms with van der Waals surface area (Å²) < 4.78 is 0. The Morgan fingerprint density at radius 1 is 1.00 bits per heavy atom. The lowest BCUT2D eigenvalue weighted by atomic mass is 10.2. The normalized spacial score (nSPS) is 8.80. The van der Waals surface area contributed by atoms with E-state index >= 15 is 0 Å². The second kappa shape index (κ2) is 5.49. The van der Waals surface area contributed by atoms with Crippen molar-refractivity contribution in [2.24, 2.45) is 0 Å². The Hall–Kier alpha value is -2.23. The SMILES string of the molecule is C=O.Oc1ccc(-c2ccccn2)nc1. The lowest BCUT2D eigenvalue weighted by molar-refractivity contribution is -0.0979. The number of nitrogens with zero attached hydrogens (tertiary/aromatic N) is 2. The van der Waals surface area contributed by atoms with Crippen molar-refractivity contribution >= 4 is 6.79 Å². The maximum atomic E-state index is 9.02. The molecular weight excluding hydrogens is 192 g/mol. The Bertz CT molecular complexity index is 401. The van der Waals surface area contributed by atoms with Gasteiger partial charge in [0.25, 0.3) is 0 Å². The van der Waals surface area contributed by atoms with Crippen LogP contribution in [0.25, 0.3) is 11.4 Å². The molecule has 0 atom stereocenters. The minimum Gasteiger partial charge on any atom is -0.506 e. The third-order valence-corrected chi connectivity index (χ3v) is 1.68. The predicted octanol–water partition coefficient (Wildman–Crippen LogP) is 1.66. The van der Waals surface area contributed by atoms with Crippen LogP contribution in [0.5, 0.6) is 5.75 Å². The first kappa shape index (κ1) is 10.8. The Labute approximate surface area is 87.3 Å². The van der Waals surface area contributed by atoms with Crippen molar-refractivity contribution in [3.8, 4) is 17.1 Å². The minimum absolute atomic E-state index is 0.166. The van der Waals surface area contributed by atoms with Gasteiger partial charge >= 0.3 is 0 Å². The van der Waals surface area contributed by atoms with Gasteiger partial charge in [0.1, 0.15) is 12.5 Å². The maximum absolute atomic E-state index is 9.02. The first-order chi connectivity index (χ1) is 7.36. The molecule has 0 radical (unpaired) electrons. The van der Waals surface area contributed by atoms with Crippen molar-refractivity contribution in [2.75, 3.05) is 0 Å². The van der Waals surface area contributed by atoms with Crippen LogP contribution in [0.3, 0.4) is 0 Å². The molecule has 4 heteroatoms. The third kappa shape index (κ3) is 2.87. The summed E-state index contributed by atoms with van der Waals surface area (Å²) in [6.45, 7) is 2.00. The van der Waals surface area contributed by atoms with Crippen LogP contribution in [-0.4, -0.2) is 21.9 Å². The number of carbonyl (C=O) groups is 1. The second-order valence-corrected chi connectivity index (χ2v) is 2.62. The van der Waals surface area contributed by atoms with Crippen LogP contribution in [0, 0.1) is 0 Å². The Morgan fingerprint density at radius 2 is 1.73 bits per heavy atom. The van der Waals surface area contributed by atoms with Gasteiger partial charge in [0.2, 0.25) is 0 Å². The van der Waals surface area contributed by atoms with Gasteiger partial charge in [-0.3, -0.25) is 9.97 Å². The molecule has 2 aromatic heterocycles. The van der Waals surface area contributed by atoms with E-state index in [2.05, 4.69) is 9.97 Å². The molecule has 0 amide bonds. The summed E-state index contributed by atoms with van der Waals surface area (Å²) in [4.78, 5) is 16.2. The van der Waals surface area contributed by atoms with E-state index in [-0.39, 0.29) is 5.75 Å². The van der Waals surface area contributed by atoms with Gasteiger partial charge < -0.3 is 9.90 Å². The molecule has 0 fully saturated rings. The van der Waals surface area contributed by atoms with Crippen LogP contribution in [-0.2, 0) is 4.79 Å². The molecule has 0 bridgehead atoms. The molecule has 76 valence electrons. The van der Waals surface area contributed by atoms with E-state index < -0.39 is 0 Å². The summed E-state index contributed by atoms with van der Waals surface area (Å²) in [5.74, 6) is 0.166. The number of pyridine rings is 2. The predicted molar refractivity (Wildman–Crippen MR) is 56.3 cm³/mol. The van der Waals surface area contributed by atoms with E-state index in [9.17, 15) is 0 Å². The van der Waals surface area contributed by atoms with Crippen molar-refractivity contribution < 1.29 is 9.90 Å². The van der Waals surface area contributed by atoms with Gasteiger partial charge in [0.15, 0.2) is 0 Å². The molecule has 2 heterocycles. The van der Waals surface area contributed by atoms with Gasteiger partial charge in [-0.15, -0.1) is 0 Å². The van der Waals surface area contributed by atoms with Crippen LogP contribution < -0.4 is 0 Å². The molecule has 0 aliphatic heterocycles. The zero-order valence-corrected chi connectivity index (χ0v) is 8.00. The summed E-state index contributed by atoms with van der Waals surface area (Å²) in [6.07, 6.45) is 3.12. The molecule has 1 N–H and O–H groups in total. The third-order valence-electron chi connectivity index (χ3n) is 1.68. The van der Waals surface area contributed by atoms with Crippen LogP contribution in [0.15, 0.2) is 42.7 Å². The number of carbonyl (C=O) groups excluding carboxylic acids is 1. The summed E-state index contributed by atoms with van der Waals surface area (Å²) in [6, 6.07) is 8.95. The summed E-state index contributed by atoms with van der Waals surface area (Å²) >= 11 is 0. The molecule has 0 aromatic carbocycles. The maximum Gasteiger partial charge on any atom is 0.133 e. The van der Waals surface area contributed by atoms with Crippen molar-refractivity contribution in [2.45, 2.75) is 0 Å². The van der Waals surface area contributed by atoms with Crippen molar-refractivity contribution in [1.82, 2.24) is 9.97 Å². The monoisotopic (exact) mass is 202 g/mol. The van der Waals surface area contributed by atoms with E-state index in [1.807, 2.05) is 25.0 Å². The highest BCUT2D eigenvalue weighted by molar-refractivity contribution is 5.53. The van der Waals surface area contributed by atoms with E-state index in [1.165, 1.54) is 6.20 Å². The minimum atomic E-state index is 0.166. The Balaban J connectivity index is 0.000000531. The van der Waals surface area contributed by atoms with Gasteiger partial charge in [0, 0.05) is 6.20 Å². The highest BCUT2D eigenvalue weighted by Crippen LogP contribution is 2.15. The van der Waals surface area contributed by atoms with E-state index in [0.29, 0.717) is 0 Å². The van der Waals surface area contributed by atoms with Crippen LogP contribution in [0.2, 0.25) is 0 Å². The quantitative estimate of drug-likeness (QED) is 0.763. The van der Waals surface area contributed by atoms with Crippen molar-refractivity contribution in [3.63, 3.8) is 0 Å². The number of rotatable bonds is 1. The molecule has 2 aromatic rings. The molecule has 2 rings (SSSR count). The topological polar surface area (TPSA) is 63.1 Å². The molecule has 0 unspecified atom stereocenters. The smallest absolute Gasteiger partial charge is 0.133 e. The van der Waals surface area contributed by atoms with Gasteiger partial charge in [-0.2, -0.15) is 0 Å². The Kier molecular flexibility index (Phi) is 3.97. The number of aromatic hydroxyl groups is 1. The van der Waals surface area contributed by atoms with Crippen molar-refractivity contribution in [1.29, 1.82) is 0 Å². The molecule has 0 saturated carbocycles. The average molecular weight is 202 g/mol. The van der Waals surface area contributed by atoms with Gasteiger partial charge in [-0.1, -0.05) is 6.07 Å². The Morgan fingerprint density at radius 3 is 2.27 bits per heavy atom. The van der Waals surface area contributed by atoms with E-state index in [4.69, 9.17) is 9.90 Å². The van der Waals surface area contributed by atoms with Crippen LogP contribution in [0.4, 0.5) is 0 Å². The highest BCUT2D eigenvalue weighted by Gasteiger charge is 1.98. The summed E-state index contributed by atoms with van der Waals surface area (Å²) in [7, 11) is 0. The second-order valence-electron chi connectivity index (χ2n) is 2.62. The molecule has 4 nitrogen and oxygen atoms in total. The van der Waals surface area contributed by atoms with Gasteiger partial charge in [-0.25, -0.2) is 0 Å². The number of hydrogen-bond acceptors (Lipinski definition) is 4. The first-order valence-corrected chi connectivity index (χ1v) is 4.21. The number of aromatic nitrogens is 2. The molecule has 0 saturated heterocycles. The molecule has 0 spiro atoms. The summed E-state index contributed by atoms with van der Waals surface area (Å²) in [5, 5.41) is 9.02. The van der Waals surface area contributed by atoms with E-state index in [0.717, 1.165) is 11.4 Å². The van der Waals surface area contributed by atoms with Crippen molar-refractivity contribution in [3.05, 3.63) is 42.7 Å². The fourth-order valence-corrected chi connectivity index (χ4v) is 1.05. The fourth-order valence-electron chi connectivity index (χ4n) is 1.05. The number of hydrogen-bond donors (Lipinski definition) is 1. The lowest BCUT2D eigenvalue weighted by Crippen LogP contribution is -1.84. The van der Waals surface area contributed by atoms with Gasteiger partial charge in [0.05, 0.1) is 17.6 Å². The zero-order chi connectivity index (χ0) is 11.1. The molecule has 15 heavy (non-hydrogen) atoms. The molecule has 0 aliphatic carbocycles. The van der Waals surface area contributed by atoms with Crippen LogP contribution >= 0.6 is 0 Å². The largest absolute Gasteiger partial charge is 0.506 e. The zero-order valence-electron chi connectivity index (χ0n) is 8.00. The van der Waals surface area contributed by atoms with E-state index in [1.54, 1.807) is 18.3 Å². The highest BCUT2D eigenvalue weighted by atomic mass is 16.3. The first-order valence-electron chi connectivity index (χ1n) is 4.21. The molecular formula is C11H10N2O2. The average Bonchev–Trinajstić information content (AvgIpc) is 2.34. The fraction of sp³-hybridized carbons (Fsp3) is 0. The summed E-state index contributed by atoms with van der Waals surface area (Å²) in [5.41, 5.74) is 1.57. The van der Waals surface area contributed by atoms with Crippen LogP contribution in [0.1, 0.15) is 0 Å². The molecule has 0 aliphatic rings. The lowest BCUT2D eigenvalue weighted by Gasteiger charge is -1.98. The standard InChI is InChI=1S/C10H8N2O.CH2O/c13-8-4-5-10(12-7-8)9-3-1-2-6-11-9;1-2/h1-7,13H;1H2.